The van der Waals surface area contributed by atoms with Gasteiger partial charge in [0.05, 0.1) is 11.9 Å². The molecule has 0 bridgehead atoms. The third-order valence-corrected chi connectivity index (χ3v) is 5.13. The molecular weight excluding hydrogens is 360 g/mol. The maximum Gasteiger partial charge on any atom is 0.303 e. The van der Waals surface area contributed by atoms with E-state index in [1.54, 1.807) is 0 Å². The number of hydrazine groups is 1. The third-order valence-electron chi connectivity index (χ3n) is 3.85. The van der Waals surface area contributed by atoms with Crippen LogP contribution in [0.4, 0.5) is 4.79 Å². The summed E-state index contributed by atoms with van der Waals surface area (Å²) < 4.78 is 5.73. The van der Waals surface area contributed by atoms with Crippen molar-refractivity contribution in [1.82, 2.24) is 5.01 Å². The summed E-state index contributed by atoms with van der Waals surface area (Å²) in [6, 6.07) is 15.2. The standard InChI is InChI=1S/C18H17ClN2O3S/c19-14-3-1-2-12(10-14)8-9-24-15-6-4-13(5-7-15)11-16-17(22)21(20)18(23)25-16/h1-7,10,16H,8-9,11,20H2. The van der Waals surface area contributed by atoms with Gasteiger partial charge in [0, 0.05) is 11.4 Å². The van der Waals surface area contributed by atoms with Gasteiger partial charge >= 0.3 is 5.24 Å². The van der Waals surface area contributed by atoms with Crippen LogP contribution in [0, 0.1) is 0 Å². The molecule has 1 saturated heterocycles. The van der Waals surface area contributed by atoms with Crippen molar-refractivity contribution in [2.24, 2.45) is 5.84 Å². The topological polar surface area (TPSA) is 72.6 Å². The lowest BCUT2D eigenvalue weighted by Gasteiger charge is -2.09. The molecule has 2 N–H and O–H groups in total. The van der Waals surface area contributed by atoms with Gasteiger partial charge in [0.1, 0.15) is 5.75 Å². The maximum absolute atomic E-state index is 11.8. The van der Waals surface area contributed by atoms with Crippen LogP contribution in [-0.4, -0.2) is 28.0 Å². The van der Waals surface area contributed by atoms with E-state index in [4.69, 9.17) is 22.2 Å². The molecule has 1 heterocycles. The van der Waals surface area contributed by atoms with Gasteiger partial charge in [-0.25, -0.2) is 10.9 Å². The van der Waals surface area contributed by atoms with E-state index in [0.717, 1.165) is 40.1 Å². The Morgan fingerprint density at radius 1 is 1.12 bits per heavy atom. The van der Waals surface area contributed by atoms with Gasteiger partial charge < -0.3 is 4.74 Å². The number of nitrogens with zero attached hydrogens (tertiary/aromatic N) is 1. The molecule has 1 aliphatic rings. The molecule has 2 amide bonds. The maximum atomic E-state index is 11.8. The summed E-state index contributed by atoms with van der Waals surface area (Å²) in [6.45, 7) is 0.549. The van der Waals surface area contributed by atoms with E-state index >= 15 is 0 Å². The molecule has 130 valence electrons. The Balaban J connectivity index is 1.50. The fraction of sp³-hybridized carbons (Fsp3) is 0.222. The van der Waals surface area contributed by atoms with E-state index in [-0.39, 0.29) is 5.91 Å². The van der Waals surface area contributed by atoms with E-state index in [1.165, 1.54) is 0 Å². The highest BCUT2D eigenvalue weighted by Gasteiger charge is 2.37. The van der Waals surface area contributed by atoms with Crippen LogP contribution in [0.5, 0.6) is 5.75 Å². The quantitative estimate of drug-likeness (QED) is 0.617. The molecule has 0 saturated carbocycles. The average Bonchev–Trinajstić information content (AvgIpc) is 2.83. The molecule has 0 radical (unpaired) electrons. The van der Waals surface area contributed by atoms with Crippen LogP contribution >= 0.6 is 23.4 Å². The number of hydrogen-bond donors (Lipinski definition) is 1. The Morgan fingerprint density at radius 2 is 1.88 bits per heavy atom. The molecule has 0 aromatic heterocycles. The number of rotatable bonds is 6. The van der Waals surface area contributed by atoms with Gasteiger partial charge in [-0.15, -0.1) is 0 Å². The fourth-order valence-electron chi connectivity index (χ4n) is 2.52. The Labute approximate surface area is 155 Å². The Bertz CT molecular complexity index is 782. The summed E-state index contributed by atoms with van der Waals surface area (Å²) in [5.74, 6) is 5.79. The largest absolute Gasteiger partial charge is 0.493 e. The average molecular weight is 377 g/mol. The van der Waals surface area contributed by atoms with Crippen LogP contribution in [0.1, 0.15) is 11.1 Å². The molecule has 5 nitrogen and oxygen atoms in total. The van der Waals surface area contributed by atoms with E-state index < -0.39 is 10.5 Å². The summed E-state index contributed by atoms with van der Waals surface area (Å²) in [5, 5.41) is 0.543. The first-order chi connectivity index (χ1) is 12.0. The molecule has 1 fully saturated rings. The first-order valence-electron chi connectivity index (χ1n) is 7.78. The highest BCUT2D eigenvalue weighted by molar-refractivity contribution is 8.15. The van der Waals surface area contributed by atoms with Crippen molar-refractivity contribution in [3.63, 3.8) is 0 Å². The zero-order chi connectivity index (χ0) is 17.8. The van der Waals surface area contributed by atoms with Gasteiger partial charge in [0.25, 0.3) is 5.91 Å². The summed E-state index contributed by atoms with van der Waals surface area (Å²) in [4.78, 5) is 23.2. The minimum atomic E-state index is -0.452. The number of amides is 2. The SMILES string of the molecule is NN1C(=O)SC(Cc2ccc(OCCc3cccc(Cl)c3)cc2)C1=O. The van der Waals surface area contributed by atoms with E-state index in [9.17, 15) is 9.59 Å². The van der Waals surface area contributed by atoms with Crippen LogP contribution in [0.25, 0.3) is 0 Å². The van der Waals surface area contributed by atoms with Crippen molar-refractivity contribution in [3.8, 4) is 5.75 Å². The monoisotopic (exact) mass is 376 g/mol. The van der Waals surface area contributed by atoms with Crippen molar-refractivity contribution in [2.75, 3.05) is 6.61 Å². The minimum absolute atomic E-state index is 0.350. The number of thioether (sulfide) groups is 1. The van der Waals surface area contributed by atoms with E-state index in [0.29, 0.717) is 18.0 Å². The molecule has 25 heavy (non-hydrogen) atoms. The second-order valence-electron chi connectivity index (χ2n) is 5.66. The van der Waals surface area contributed by atoms with E-state index in [2.05, 4.69) is 0 Å². The zero-order valence-corrected chi connectivity index (χ0v) is 14.9. The number of hydrogen-bond acceptors (Lipinski definition) is 5. The Morgan fingerprint density at radius 3 is 2.52 bits per heavy atom. The number of ether oxygens (including phenoxy) is 1. The number of nitrogens with two attached hydrogens (primary N) is 1. The summed E-state index contributed by atoms with van der Waals surface area (Å²) in [5.41, 5.74) is 2.08. The second-order valence-corrected chi connectivity index (χ2v) is 7.25. The molecule has 7 heteroatoms. The van der Waals surface area contributed by atoms with E-state index in [1.807, 2.05) is 48.5 Å². The molecule has 0 spiro atoms. The van der Waals surface area contributed by atoms with Gasteiger partial charge in [0.15, 0.2) is 0 Å². The highest BCUT2D eigenvalue weighted by atomic mass is 35.5. The van der Waals surface area contributed by atoms with Crippen LogP contribution in [-0.2, 0) is 17.6 Å². The first kappa shape index (κ1) is 17.8. The van der Waals surface area contributed by atoms with Crippen molar-refractivity contribution in [3.05, 3.63) is 64.7 Å². The normalized spacial score (nSPS) is 17.2. The van der Waals surface area contributed by atoms with Crippen molar-refractivity contribution >= 4 is 34.5 Å². The predicted octanol–water partition coefficient (Wildman–Crippen LogP) is 3.44. The number of imide groups is 1. The molecule has 1 unspecified atom stereocenters. The zero-order valence-electron chi connectivity index (χ0n) is 13.4. The Kier molecular flexibility index (Phi) is 5.63. The van der Waals surface area contributed by atoms with Crippen LogP contribution in [0.15, 0.2) is 48.5 Å². The molecule has 1 aliphatic heterocycles. The highest BCUT2D eigenvalue weighted by Crippen LogP contribution is 2.27. The third kappa shape index (κ3) is 4.54. The predicted molar refractivity (Wildman–Crippen MR) is 98.6 cm³/mol. The molecule has 2 aromatic carbocycles. The molecule has 3 rings (SSSR count). The summed E-state index contributed by atoms with van der Waals surface area (Å²) >= 11 is 6.92. The van der Waals surface area contributed by atoms with Gasteiger partial charge in [-0.05, 0) is 53.6 Å². The lowest BCUT2D eigenvalue weighted by molar-refractivity contribution is -0.126. The molecule has 2 aromatic rings. The second kappa shape index (κ2) is 7.91. The van der Waals surface area contributed by atoms with Crippen LogP contribution in [0.3, 0.4) is 0 Å². The fourth-order valence-corrected chi connectivity index (χ4v) is 3.67. The molecular formula is C18H17ClN2O3S. The van der Waals surface area contributed by atoms with Gasteiger partial charge in [-0.3, -0.25) is 9.59 Å². The van der Waals surface area contributed by atoms with Crippen molar-refractivity contribution < 1.29 is 14.3 Å². The summed E-state index contributed by atoms with van der Waals surface area (Å²) in [6.07, 6.45) is 1.23. The minimum Gasteiger partial charge on any atom is -0.493 e. The van der Waals surface area contributed by atoms with Crippen LogP contribution in [0.2, 0.25) is 5.02 Å². The van der Waals surface area contributed by atoms with Crippen LogP contribution < -0.4 is 10.6 Å². The Hall–Kier alpha value is -2.02. The molecule has 0 aliphatic carbocycles. The lowest BCUT2D eigenvalue weighted by atomic mass is 10.1. The van der Waals surface area contributed by atoms with Gasteiger partial charge in [0.2, 0.25) is 0 Å². The number of benzene rings is 2. The molecule has 1 atom stereocenters. The van der Waals surface area contributed by atoms with Crippen molar-refractivity contribution in [2.45, 2.75) is 18.1 Å². The first-order valence-corrected chi connectivity index (χ1v) is 9.04. The smallest absolute Gasteiger partial charge is 0.303 e. The summed E-state index contributed by atoms with van der Waals surface area (Å²) in [7, 11) is 0. The number of carbonyl (C=O) groups excluding carboxylic acids is 2. The number of carbonyl (C=O) groups is 2. The van der Waals surface area contributed by atoms with Gasteiger partial charge in [-0.2, -0.15) is 0 Å². The number of halogens is 1. The van der Waals surface area contributed by atoms with Crippen molar-refractivity contribution in [1.29, 1.82) is 0 Å². The lowest BCUT2D eigenvalue weighted by Crippen LogP contribution is -2.37. The van der Waals surface area contributed by atoms with Gasteiger partial charge in [-0.1, -0.05) is 35.9 Å².